The maximum Gasteiger partial charge on any atom is 1.00 e. The first-order valence-corrected chi connectivity index (χ1v) is 15.5. The molecular weight excluding hydrogens is 607 g/mol. The first-order chi connectivity index (χ1) is 20.9. The quantitative estimate of drug-likeness (QED) is 0.121. The van der Waals surface area contributed by atoms with Gasteiger partial charge in [-0.05, 0) is 22.3 Å². The van der Waals surface area contributed by atoms with Gasteiger partial charge in [-0.25, -0.2) is 4.98 Å². The van der Waals surface area contributed by atoms with Crippen LogP contribution in [-0.2, 0) is 26.3 Å². The number of benzene rings is 3. The molecule has 0 radical (unpaired) electrons. The van der Waals surface area contributed by atoms with E-state index >= 15 is 0 Å². The Balaban J connectivity index is 0.00000384. The number of carboxylic acids is 1. The second kappa shape index (κ2) is 13.7. The van der Waals surface area contributed by atoms with Crippen LogP contribution < -0.4 is 45.3 Å². The maximum atomic E-state index is 13.0. The number of amides is 2. The fourth-order valence-electron chi connectivity index (χ4n) is 5.57. The third-order valence-electron chi connectivity index (χ3n) is 7.56. The number of carbonyl (C=O) groups is 3. The van der Waals surface area contributed by atoms with E-state index in [1.807, 2.05) is 60.0 Å². The van der Waals surface area contributed by atoms with E-state index in [1.165, 1.54) is 23.1 Å². The molecule has 2 aliphatic rings. The van der Waals surface area contributed by atoms with E-state index in [-0.39, 0.29) is 53.0 Å². The first-order valence-electron chi connectivity index (χ1n) is 13.6. The predicted molar refractivity (Wildman–Crippen MR) is 163 cm³/mol. The van der Waals surface area contributed by atoms with E-state index in [1.54, 1.807) is 0 Å². The molecular formula is C32H27N4NaO5S2. The number of nitrogens with zero attached hydrogens (tertiary/aromatic N) is 2. The number of anilines is 1. The van der Waals surface area contributed by atoms with Gasteiger partial charge in [0.2, 0.25) is 5.91 Å². The Morgan fingerprint density at radius 3 is 2.00 bits per heavy atom. The number of fused-ring (bicyclic) bond motifs is 1. The SMILES string of the molecule is O=C(Cc1csc(NC(c2ccccc2)(c2ccccc2)c2ccccc2)n1)N[C@@H]1C(=O)N2C(C(=O)[O-])=C(CO)CS[C@H]12.[Na+]. The summed E-state index contributed by atoms with van der Waals surface area (Å²) in [4.78, 5) is 43.2. The normalized spacial score (nSPS) is 17.7. The molecule has 44 heavy (non-hydrogen) atoms. The number of rotatable bonds is 10. The Morgan fingerprint density at radius 1 is 0.955 bits per heavy atom. The number of carbonyl (C=O) groups excluding carboxylic acids is 3. The van der Waals surface area contributed by atoms with Gasteiger partial charge in [0.1, 0.15) is 17.0 Å². The van der Waals surface area contributed by atoms with E-state index in [0.717, 1.165) is 21.6 Å². The Morgan fingerprint density at radius 2 is 1.50 bits per heavy atom. The van der Waals surface area contributed by atoms with Crippen LogP contribution in [0.15, 0.2) is 108 Å². The molecule has 6 rings (SSSR count). The minimum atomic E-state index is -1.52. The summed E-state index contributed by atoms with van der Waals surface area (Å²) in [5.74, 6) is -2.24. The topological polar surface area (TPSA) is 135 Å². The van der Waals surface area contributed by atoms with Gasteiger partial charge in [-0.1, -0.05) is 91.0 Å². The van der Waals surface area contributed by atoms with Gasteiger partial charge >= 0.3 is 29.6 Å². The van der Waals surface area contributed by atoms with Crippen LogP contribution in [0.3, 0.4) is 0 Å². The molecule has 1 aromatic heterocycles. The molecule has 0 aliphatic carbocycles. The second-order valence-corrected chi connectivity index (χ2v) is 12.1. The molecule has 1 saturated heterocycles. The van der Waals surface area contributed by atoms with Crippen molar-refractivity contribution in [3.63, 3.8) is 0 Å². The largest absolute Gasteiger partial charge is 1.00 e. The number of aromatic nitrogens is 1. The average Bonchev–Trinajstić information content (AvgIpc) is 3.49. The predicted octanol–water partition coefficient (Wildman–Crippen LogP) is -0.510. The Hall–Kier alpha value is -3.45. The summed E-state index contributed by atoms with van der Waals surface area (Å²) < 4.78 is 0. The minimum absolute atomic E-state index is 0. The van der Waals surface area contributed by atoms with Gasteiger partial charge in [-0.15, -0.1) is 23.1 Å². The fourth-order valence-corrected chi connectivity index (χ4v) is 7.67. The van der Waals surface area contributed by atoms with Crippen LogP contribution in [0.4, 0.5) is 5.13 Å². The second-order valence-electron chi connectivity index (χ2n) is 10.1. The van der Waals surface area contributed by atoms with Crippen LogP contribution in [0.25, 0.3) is 0 Å². The maximum absolute atomic E-state index is 13.0. The van der Waals surface area contributed by atoms with Gasteiger partial charge in [-0.2, -0.15) is 0 Å². The van der Waals surface area contributed by atoms with Gasteiger partial charge in [0.25, 0.3) is 5.91 Å². The van der Waals surface area contributed by atoms with Crippen LogP contribution in [0.2, 0.25) is 0 Å². The molecule has 3 heterocycles. The Bertz CT molecular complexity index is 1590. The molecule has 12 heteroatoms. The number of β-lactam (4-membered cyclic amide) rings is 1. The molecule has 2 amide bonds. The van der Waals surface area contributed by atoms with Crippen molar-refractivity contribution in [1.29, 1.82) is 0 Å². The zero-order chi connectivity index (χ0) is 30.0. The third-order valence-corrected chi connectivity index (χ3v) is 9.70. The number of thioether (sulfide) groups is 1. The summed E-state index contributed by atoms with van der Waals surface area (Å²) >= 11 is 2.67. The zero-order valence-electron chi connectivity index (χ0n) is 23.8. The zero-order valence-corrected chi connectivity index (χ0v) is 27.4. The van der Waals surface area contributed by atoms with Gasteiger partial charge < -0.3 is 25.6 Å². The Labute approximate surface area is 284 Å². The molecule has 0 bridgehead atoms. The summed E-state index contributed by atoms with van der Waals surface area (Å²) in [7, 11) is 0. The number of hydrogen-bond donors (Lipinski definition) is 3. The van der Waals surface area contributed by atoms with Crippen molar-refractivity contribution < 1.29 is 54.2 Å². The van der Waals surface area contributed by atoms with Crippen LogP contribution >= 0.6 is 23.1 Å². The number of hydrogen-bond acceptors (Lipinski definition) is 9. The number of aliphatic hydroxyl groups excluding tert-OH is 1. The summed E-state index contributed by atoms with van der Waals surface area (Å²) in [5.41, 5.74) is 2.75. The summed E-state index contributed by atoms with van der Waals surface area (Å²) in [5, 5.41) is 29.4. The standard InChI is InChI=1S/C32H28N4O5S2.Na/c37-17-20-18-42-29-26(28(39)36(29)27(20)30(40)41)34-25(38)16-24-19-43-31(33-24)35-32(21-10-4-1-5-11-21,22-12-6-2-7-13-22)23-14-8-3-9-15-23;/h1-15,19,26,29,37H,16-18H2,(H,33,35)(H,34,38)(H,40,41);/q;+1/p-1/t26-,29-;/m1./s1. The van der Waals surface area contributed by atoms with E-state index in [0.29, 0.717) is 10.8 Å². The molecule has 0 unspecified atom stereocenters. The summed E-state index contributed by atoms with van der Waals surface area (Å²) in [6.45, 7) is -0.482. The van der Waals surface area contributed by atoms with E-state index in [2.05, 4.69) is 47.0 Å². The molecule has 3 N–H and O–H groups in total. The van der Waals surface area contributed by atoms with Crippen LogP contribution in [0, 0.1) is 0 Å². The van der Waals surface area contributed by atoms with Crippen LogP contribution in [0.5, 0.6) is 0 Å². The van der Waals surface area contributed by atoms with Gasteiger partial charge in [0.15, 0.2) is 5.13 Å². The molecule has 218 valence electrons. The molecule has 1 fully saturated rings. The number of aliphatic hydroxyl groups is 1. The molecule has 4 aromatic rings. The molecule has 2 atom stereocenters. The van der Waals surface area contributed by atoms with Gasteiger partial charge in [0.05, 0.1) is 30.4 Å². The minimum Gasteiger partial charge on any atom is -0.543 e. The van der Waals surface area contributed by atoms with Crippen molar-refractivity contribution in [3.8, 4) is 0 Å². The number of aliphatic carboxylic acids is 1. The molecule has 0 saturated carbocycles. The molecule has 2 aliphatic heterocycles. The summed E-state index contributed by atoms with van der Waals surface area (Å²) in [6.07, 6.45) is -0.0561. The average molecular weight is 635 g/mol. The van der Waals surface area contributed by atoms with Crippen molar-refractivity contribution in [2.24, 2.45) is 0 Å². The Kier molecular flexibility index (Phi) is 9.94. The van der Waals surface area contributed by atoms with E-state index < -0.39 is 41.3 Å². The van der Waals surface area contributed by atoms with Gasteiger partial charge in [0, 0.05) is 11.1 Å². The van der Waals surface area contributed by atoms with Crippen LogP contribution in [-0.4, -0.2) is 56.5 Å². The molecule has 0 spiro atoms. The number of thiazole rings is 1. The first kappa shape index (κ1) is 32.0. The fraction of sp³-hybridized carbons (Fsp3) is 0.188. The van der Waals surface area contributed by atoms with Crippen molar-refractivity contribution in [2.45, 2.75) is 23.4 Å². The van der Waals surface area contributed by atoms with Crippen molar-refractivity contribution in [3.05, 3.63) is 130 Å². The van der Waals surface area contributed by atoms with E-state index in [9.17, 15) is 24.6 Å². The van der Waals surface area contributed by atoms with Crippen LogP contribution in [0.1, 0.15) is 22.4 Å². The molecule has 9 nitrogen and oxygen atoms in total. The van der Waals surface area contributed by atoms with E-state index in [4.69, 9.17) is 4.98 Å². The monoisotopic (exact) mass is 634 g/mol. The smallest absolute Gasteiger partial charge is 0.543 e. The van der Waals surface area contributed by atoms with Gasteiger partial charge in [-0.3, -0.25) is 14.5 Å². The van der Waals surface area contributed by atoms with Crippen molar-refractivity contribution in [2.75, 3.05) is 17.7 Å². The number of carboxylic acid groups (broad SMARTS) is 1. The third kappa shape index (κ3) is 5.95. The van der Waals surface area contributed by atoms with Crippen molar-refractivity contribution >= 4 is 46.0 Å². The molecule has 3 aromatic carbocycles. The number of nitrogens with one attached hydrogen (secondary N) is 2. The van der Waals surface area contributed by atoms with Crippen molar-refractivity contribution in [1.82, 2.24) is 15.2 Å². The summed E-state index contributed by atoms with van der Waals surface area (Å²) in [6, 6.07) is 29.5.